The molecule has 12 heteroatoms. The molecule has 1 atom stereocenters. The third-order valence-corrected chi connectivity index (χ3v) is 7.06. The van der Waals surface area contributed by atoms with E-state index < -0.39 is 56.8 Å². The number of alkyl halides is 3. The summed E-state index contributed by atoms with van der Waals surface area (Å²) < 4.78 is 70.2. The lowest BCUT2D eigenvalue weighted by Crippen LogP contribution is -2.62. The molecule has 8 nitrogen and oxygen atoms in total. The Bertz CT molecular complexity index is 1260. The molecule has 35 heavy (non-hydrogen) atoms. The second-order valence-corrected chi connectivity index (χ2v) is 11.3. The highest BCUT2D eigenvalue weighted by Crippen LogP contribution is 2.40. The summed E-state index contributed by atoms with van der Waals surface area (Å²) in [6.45, 7) is 7.31. The van der Waals surface area contributed by atoms with Gasteiger partial charge in [-0.25, -0.2) is 13.2 Å². The van der Waals surface area contributed by atoms with Crippen molar-refractivity contribution in [2.24, 2.45) is 5.16 Å². The van der Waals surface area contributed by atoms with E-state index >= 15 is 0 Å². The van der Waals surface area contributed by atoms with Crippen LogP contribution < -0.4 is 0 Å². The number of hydrogen-bond acceptors (Lipinski definition) is 7. The molecular formula is C23H25F3N2O6S. The van der Waals surface area contributed by atoms with Gasteiger partial charge in [-0.3, -0.25) is 9.69 Å². The Balaban J connectivity index is 1.82. The summed E-state index contributed by atoms with van der Waals surface area (Å²) >= 11 is 0. The normalized spacial score (nSPS) is 21.5. The fourth-order valence-electron chi connectivity index (χ4n) is 3.76. The van der Waals surface area contributed by atoms with Gasteiger partial charge < -0.3 is 9.57 Å². The van der Waals surface area contributed by atoms with Crippen molar-refractivity contribution < 1.29 is 40.8 Å². The van der Waals surface area contributed by atoms with Crippen LogP contribution in [0.3, 0.4) is 0 Å². The van der Waals surface area contributed by atoms with Crippen LogP contribution in [0.1, 0.15) is 45.7 Å². The molecule has 2 aliphatic heterocycles. The topological polar surface area (TPSA) is 102 Å². The molecule has 3 rings (SSSR count). The summed E-state index contributed by atoms with van der Waals surface area (Å²) in [5.41, 5.74) is -1.82. The van der Waals surface area contributed by atoms with Crippen molar-refractivity contribution in [2.45, 2.75) is 58.4 Å². The van der Waals surface area contributed by atoms with Crippen LogP contribution in [-0.4, -0.2) is 47.6 Å². The molecule has 1 aromatic rings. The predicted molar refractivity (Wildman–Crippen MR) is 120 cm³/mol. The highest BCUT2D eigenvalue weighted by atomic mass is 32.2. The monoisotopic (exact) mass is 514 g/mol. The fraction of sp³-hybridized carbons (Fsp3) is 0.435. The number of oxime groups is 1. The van der Waals surface area contributed by atoms with E-state index in [1.165, 1.54) is 38.1 Å². The second-order valence-electron chi connectivity index (χ2n) is 9.23. The van der Waals surface area contributed by atoms with Gasteiger partial charge in [0.2, 0.25) is 0 Å². The summed E-state index contributed by atoms with van der Waals surface area (Å²) in [6.07, 6.45) is -3.38. The summed E-state index contributed by atoms with van der Waals surface area (Å²) in [5, 5.41) is 2.31. The largest absolute Gasteiger partial charge is 0.455 e. The van der Waals surface area contributed by atoms with Crippen LogP contribution in [0.2, 0.25) is 0 Å². The van der Waals surface area contributed by atoms with Gasteiger partial charge in [0.05, 0.1) is 22.6 Å². The fourth-order valence-corrected chi connectivity index (χ4v) is 5.74. The van der Waals surface area contributed by atoms with E-state index in [0.29, 0.717) is 0 Å². The van der Waals surface area contributed by atoms with Gasteiger partial charge in [-0.05, 0) is 52.3 Å². The Hall–Kier alpha value is -3.15. The van der Waals surface area contributed by atoms with Gasteiger partial charge in [0, 0.05) is 5.56 Å². The molecule has 1 fully saturated rings. The first-order valence-corrected chi connectivity index (χ1v) is 12.3. The molecule has 1 aromatic carbocycles. The average Bonchev–Trinajstić information content (AvgIpc) is 2.69. The number of allylic oxidation sites excluding steroid dienone is 1. The number of esters is 1. The van der Waals surface area contributed by atoms with Crippen molar-refractivity contribution in [3.63, 3.8) is 0 Å². The van der Waals surface area contributed by atoms with Gasteiger partial charge in [-0.2, -0.15) is 13.2 Å². The number of rotatable bonds is 5. The molecular weight excluding hydrogens is 489 g/mol. The van der Waals surface area contributed by atoms with Gasteiger partial charge in [-0.1, -0.05) is 23.4 Å². The van der Waals surface area contributed by atoms with Crippen LogP contribution in [0.15, 0.2) is 52.3 Å². The highest BCUT2D eigenvalue weighted by Gasteiger charge is 2.56. The van der Waals surface area contributed by atoms with Crippen molar-refractivity contribution in [3.8, 4) is 0 Å². The molecule has 2 heterocycles. The number of amides is 1. The van der Waals surface area contributed by atoms with Crippen molar-refractivity contribution in [3.05, 3.63) is 58.3 Å². The molecule has 0 aromatic heterocycles. The maximum absolute atomic E-state index is 13.1. The van der Waals surface area contributed by atoms with Crippen molar-refractivity contribution in [2.75, 3.05) is 5.75 Å². The molecule has 190 valence electrons. The van der Waals surface area contributed by atoms with Crippen LogP contribution in [0.5, 0.6) is 0 Å². The number of fused-ring (bicyclic) bond motifs is 1. The molecule has 0 bridgehead atoms. The Morgan fingerprint density at radius 2 is 1.86 bits per heavy atom. The number of nitrogens with zero attached hydrogens (tertiary/aromatic N) is 2. The zero-order valence-corrected chi connectivity index (χ0v) is 20.6. The Kier molecular flexibility index (Phi) is 6.91. The van der Waals surface area contributed by atoms with Crippen LogP contribution >= 0.6 is 0 Å². The SMILES string of the molecule is CC1=C(C(=O)OC(C)(C)C)N2C(=O)/C(=C/C(C)=N\OCc3ccccc3C(F)(F)F)C2S(=O)(=O)C1. The number of benzene rings is 1. The van der Waals surface area contributed by atoms with Crippen LogP contribution in [-0.2, 0) is 41.8 Å². The van der Waals surface area contributed by atoms with Gasteiger partial charge in [-0.15, -0.1) is 0 Å². The molecule has 1 saturated heterocycles. The van der Waals surface area contributed by atoms with Gasteiger partial charge in [0.15, 0.2) is 15.2 Å². The van der Waals surface area contributed by atoms with E-state index in [1.807, 2.05) is 0 Å². The average molecular weight is 515 g/mol. The number of hydrogen-bond donors (Lipinski definition) is 0. The number of carbonyl (C=O) groups is 2. The number of halogens is 3. The Labute approximate surface area is 201 Å². The molecule has 0 spiro atoms. The van der Waals surface area contributed by atoms with Gasteiger partial charge in [0.1, 0.15) is 17.9 Å². The van der Waals surface area contributed by atoms with E-state index in [4.69, 9.17) is 9.57 Å². The first-order valence-electron chi connectivity index (χ1n) is 10.5. The summed E-state index contributed by atoms with van der Waals surface area (Å²) in [4.78, 5) is 31.4. The minimum Gasteiger partial charge on any atom is -0.455 e. The standard InChI is InChI=1S/C23H25F3N2O6S/c1-13-12-35(31,32)20-16(19(29)28(20)18(13)21(30)34-22(3,4)5)10-14(2)27-33-11-15-8-6-7-9-17(15)23(24,25)26/h6-10,20H,11-12H2,1-5H3/b16-10-,27-14-. The van der Waals surface area contributed by atoms with Crippen LogP contribution in [0.4, 0.5) is 13.2 Å². The van der Waals surface area contributed by atoms with Gasteiger partial charge in [0.25, 0.3) is 5.91 Å². The van der Waals surface area contributed by atoms with E-state index in [0.717, 1.165) is 11.0 Å². The first-order chi connectivity index (χ1) is 16.0. The third-order valence-electron chi connectivity index (χ3n) is 5.08. The zero-order valence-electron chi connectivity index (χ0n) is 19.8. The Morgan fingerprint density at radius 3 is 2.46 bits per heavy atom. The number of ether oxygens (including phenoxy) is 1. The lowest BCUT2D eigenvalue weighted by atomic mass is 10.0. The molecule has 0 aliphatic carbocycles. The molecule has 0 saturated carbocycles. The molecule has 0 N–H and O–H groups in total. The van der Waals surface area contributed by atoms with E-state index in [2.05, 4.69) is 5.16 Å². The van der Waals surface area contributed by atoms with Crippen LogP contribution in [0, 0.1) is 0 Å². The summed E-state index contributed by atoms with van der Waals surface area (Å²) in [6, 6.07) is 4.86. The van der Waals surface area contributed by atoms with Crippen molar-refractivity contribution >= 4 is 27.4 Å². The molecule has 2 aliphatic rings. The number of sulfone groups is 1. The van der Waals surface area contributed by atoms with E-state index in [1.54, 1.807) is 20.8 Å². The smallest absolute Gasteiger partial charge is 0.416 e. The highest BCUT2D eigenvalue weighted by molar-refractivity contribution is 7.92. The number of β-lactam (4-membered cyclic amide) rings is 1. The first kappa shape index (κ1) is 26.5. The van der Waals surface area contributed by atoms with Crippen molar-refractivity contribution in [1.82, 2.24) is 4.90 Å². The van der Waals surface area contributed by atoms with E-state index in [9.17, 15) is 31.2 Å². The van der Waals surface area contributed by atoms with Crippen molar-refractivity contribution in [1.29, 1.82) is 0 Å². The van der Waals surface area contributed by atoms with Crippen LogP contribution in [0.25, 0.3) is 0 Å². The summed E-state index contributed by atoms with van der Waals surface area (Å²) in [5.74, 6) is -1.95. The Morgan fingerprint density at radius 1 is 1.23 bits per heavy atom. The lowest BCUT2D eigenvalue weighted by molar-refractivity contribution is -0.155. The minimum atomic E-state index is -4.56. The molecule has 0 radical (unpaired) electrons. The molecule has 1 amide bonds. The second kappa shape index (κ2) is 9.14. The maximum Gasteiger partial charge on any atom is 0.416 e. The van der Waals surface area contributed by atoms with Gasteiger partial charge >= 0.3 is 12.1 Å². The number of carbonyl (C=O) groups excluding carboxylic acids is 2. The predicted octanol–water partition coefficient (Wildman–Crippen LogP) is 3.74. The maximum atomic E-state index is 13.1. The zero-order chi connectivity index (χ0) is 26.3. The quantitative estimate of drug-likeness (QED) is 0.195. The molecule has 1 unspecified atom stereocenters. The summed E-state index contributed by atoms with van der Waals surface area (Å²) in [7, 11) is -3.85. The van der Waals surface area contributed by atoms with E-state index in [-0.39, 0.29) is 28.1 Å². The third kappa shape index (κ3) is 5.58. The lowest BCUT2D eigenvalue weighted by Gasteiger charge is -2.45. The minimum absolute atomic E-state index is 0.0674.